The molecule has 3 aromatic carbocycles. The molecule has 1 fully saturated rings. The molecule has 0 N–H and O–H groups in total. The van der Waals surface area contributed by atoms with Gasteiger partial charge in [-0.1, -0.05) is 23.2 Å². The van der Waals surface area contributed by atoms with Crippen molar-refractivity contribution < 1.29 is 28.8 Å². The number of fused-ring (bicyclic) bond motifs is 1. The van der Waals surface area contributed by atoms with E-state index in [2.05, 4.69) is 0 Å². The summed E-state index contributed by atoms with van der Waals surface area (Å²) in [4.78, 5) is 53.1. The summed E-state index contributed by atoms with van der Waals surface area (Å²) in [6.07, 6.45) is 0. The van der Waals surface area contributed by atoms with Gasteiger partial charge >= 0.3 is 0 Å². The summed E-state index contributed by atoms with van der Waals surface area (Å²) < 4.78 is 10.9. The summed E-state index contributed by atoms with van der Waals surface area (Å²) in [6.45, 7) is 0. The molecule has 3 aromatic rings. The minimum absolute atomic E-state index is 0.0241. The van der Waals surface area contributed by atoms with Crippen LogP contribution >= 0.6 is 23.2 Å². The Balaban J connectivity index is 1.65. The van der Waals surface area contributed by atoms with Gasteiger partial charge in [-0.3, -0.25) is 29.4 Å². The summed E-state index contributed by atoms with van der Waals surface area (Å²) in [5, 5.41) is 11.8. The second-order valence-corrected chi connectivity index (χ2v) is 9.17. The predicted octanol–water partition coefficient (Wildman–Crippen LogP) is 4.67. The fourth-order valence-corrected chi connectivity index (χ4v) is 5.20. The van der Waals surface area contributed by atoms with Crippen LogP contribution in [0.2, 0.25) is 10.0 Å². The number of amides is 3. The van der Waals surface area contributed by atoms with E-state index >= 15 is 0 Å². The summed E-state index contributed by atoms with van der Waals surface area (Å²) in [6, 6.07) is 10.7. The summed E-state index contributed by atoms with van der Waals surface area (Å²) in [5.74, 6) is -1.27. The molecule has 2 heterocycles. The lowest BCUT2D eigenvalue weighted by molar-refractivity contribution is -0.384. The largest absolute Gasteiger partial charge is 0.497 e. The monoisotopic (exact) mass is 541 g/mol. The topological polar surface area (TPSA) is 119 Å². The van der Waals surface area contributed by atoms with Gasteiger partial charge in [0.05, 0.1) is 36.3 Å². The number of nitro groups is 1. The molecular formula is C25H17Cl2N3O7. The van der Waals surface area contributed by atoms with Gasteiger partial charge in [-0.25, -0.2) is 0 Å². The normalized spacial score (nSPS) is 18.5. The highest BCUT2D eigenvalue weighted by Gasteiger charge is 2.58. The van der Waals surface area contributed by atoms with Crippen molar-refractivity contribution in [3.63, 3.8) is 0 Å². The Kier molecular flexibility index (Phi) is 6.01. The lowest BCUT2D eigenvalue weighted by Gasteiger charge is -2.50. The third-order valence-electron chi connectivity index (χ3n) is 6.34. The average Bonchev–Trinajstić information content (AvgIpc) is 3.10. The molecule has 5 rings (SSSR count). The number of carbonyl (C=O) groups is 3. The van der Waals surface area contributed by atoms with Crippen LogP contribution in [0.15, 0.2) is 54.6 Å². The number of hydrogen-bond donors (Lipinski definition) is 0. The number of carbonyl (C=O) groups excluding carboxylic acids is 3. The zero-order valence-corrected chi connectivity index (χ0v) is 20.8. The first kappa shape index (κ1) is 24.5. The van der Waals surface area contributed by atoms with Crippen LogP contribution in [0.25, 0.3) is 0 Å². The van der Waals surface area contributed by atoms with Crippen molar-refractivity contribution in [2.75, 3.05) is 19.1 Å². The van der Waals surface area contributed by atoms with E-state index in [1.165, 1.54) is 43.4 Å². The van der Waals surface area contributed by atoms with Gasteiger partial charge in [0.2, 0.25) is 0 Å². The molecule has 0 radical (unpaired) electrons. The molecule has 1 saturated heterocycles. The number of β-lactam (4-membered cyclic amide) rings is 1. The summed E-state index contributed by atoms with van der Waals surface area (Å²) in [7, 11) is 2.92. The fraction of sp³-hybridized carbons (Fsp3) is 0.160. The van der Waals surface area contributed by atoms with Crippen LogP contribution in [0.4, 0.5) is 11.4 Å². The Hall–Kier alpha value is -4.15. The number of nitro benzene ring substituents is 1. The molecule has 2 atom stereocenters. The number of non-ortho nitro benzene ring substituents is 1. The van der Waals surface area contributed by atoms with E-state index in [0.717, 1.165) is 17.0 Å². The van der Waals surface area contributed by atoms with Crippen molar-refractivity contribution in [3.05, 3.63) is 91.4 Å². The number of imide groups is 1. The van der Waals surface area contributed by atoms with Crippen molar-refractivity contribution in [2.45, 2.75) is 12.1 Å². The lowest BCUT2D eigenvalue weighted by atomic mass is 9.85. The van der Waals surface area contributed by atoms with E-state index in [4.69, 9.17) is 32.7 Å². The number of rotatable bonds is 6. The maximum Gasteiger partial charge on any atom is 0.270 e. The van der Waals surface area contributed by atoms with Crippen molar-refractivity contribution in [1.82, 2.24) is 4.90 Å². The molecule has 188 valence electrons. The molecule has 2 aliphatic rings. The first-order chi connectivity index (χ1) is 17.7. The number of hydrogen-bond acceptors (Lipinski definition) is 7. The van der Waals surface area contributed by atoms with Crippen LogP contribution < -0.4 is 14.4 Å². The predicted molar refractivity (Wildman–Crippen MR) is 134 cm³/mol. The van der Waals surface area contributed by atoms with Crippen LogP contribution in [-0.2, 0) is 4.79 Å². The average molecular weight is 542 g/mol. The first-order valence-corrected chi connectivity index (χ1v) is 11.6. The zero-order valence-electron chi connectivity index (χ0n) is 19.3. The number of halogens is 2. The lowest BCUT2D eigenvalue weighted by Crippen LogP contribution is -2.67. The third-order valence-corrected chi connectivity index (χ3v) is 6.78. The van der Waals surface area contributed by atoms with Gasteiger partial charge in [0, 0.05) is 33.4 Å². The van der Waals surface area contributed by atoms with Crippen molar-refractivity contribution in [1.29, 1.82) is 0 Å². The summed E-state index contributed by atoms with van der Waals surface area (Å²) in [5.41, 5.74) is 0.297. The number of benzene rings is 3. The van der Waals surface area contributed by atoms with E-state index in [-0.39, 0.29) is 26.9 Å². The van der Waals surface area contributed by atoms with Gasteiger partial charge in [-0.2, -0.15) is 0 Å². The highest BCUT2D eigenvalue weighted by molar-refractivity contribution is 6.35. The quantitative estimate of drug-likeness (QED) is 0.192. The van der Waals surface area contributed by atoms with E-state index in [1.54, 1.807) is 18.2 Å². The van der Waals surface area contributed by atoms with Crippen molar-refractivity contribution >= 4 is 52.3 Å². The minimum Gasteiger partial charge on any atom is -0.497 e. The van der Waals surface area contributed by atoms with Gasteiger partial charge in [0.25, 0.3) is 23.4 Å². The van der Waals surface area contributed by atoms with Crippen molar-refractivity contribution in [3.8, 4) is 11.5 Å². The first-order valence-electron chi connectivity index (χ1n) is 10.8. The maximum absolute atomic E-state index is 13.6. The number of methoxy groups -OCH3 is 2. The second kappa shape index (κ2) is 9.06. The molecule has 0 aromatic heterocycles. The van der Waals surface area contributed by atoms with Crippen LogP contribution in [-0.4, -0.2) is 47.8 Å². The molecule has 10 nitrogen and oxygen atoms in total. The van der Waals surface area contributed by atoms with Gasteiger partial charge in [-0.15, -0.1) is 0 Å². The number of nitrogens with zero attached hydrogens (tertiary/aromatic N) is 3. The SMILES string of the molecule is COc1ccc(OC)c(C2C(N3C(=O)c4ccc([N+](=O)[O-])cc4C3=O)C(=O)N2c2cc(Cl)cc(Cl)c2)c1. The molecule has 2 aliphatic heterocycles. The standard InChI is InChI=1S/C25H17Cl2N3O7/c1-36-16-4-6-20(37-2)19(11-16)21-22(25(33)28(21)15-8-12(26)7-13(27)9-15)29-23(31)17-5-3-14(30(34)35)10-18(17)24(29)32/h3-11,21-22H,1-2H3. The molecule has 3 amide bonds. The Morgan fingerprint density at radius 1 is 0.811 bits per heavy atom. The summed E-state index contributed by atoms with van der Waals surface area (Å²) >= 11 is 12.4. The fourth-order valence-electron chi connectivity index (χ4n) is 4.68. The maximum atomic E-state index is 13.6. The molecule has 37 heavy (non-hydrogen) atoms. The van der Waals surface area contributed by atoms with Crippen molar-refractivity contribution in [2.24, 2.45) is 0 Å². The van der Waals surface area contributed by atoms with Crippen LogP contribution in [0.1, 0.15) is 32.3 Å². The Bertz CT molecular complexity index is 1490. The molecule has 0 saturated carbocycles. The third kappa shape index (κ3) is 3.85. The highest BCUT2D eigenvalue weighted by atomic mass is 35.5. The molecule has 0 spiro atoms. The molecule has 0 bridgehead atoms. The molecule has 0 aliphatic carbocycles. The number of anilines is 1. The highest BCUT2D eigenvalue weighted by Crippen LogP contribution is 2.48. The van der Waals surface area contributed by atoms with Gasteiger partial charge < -0.3 is 14.4 Å². The van der Waals surface area contributed by atoms with Gasteiger partial charge in [0.15, 0.2) is 0 Å². The van der Waals surface area contributed by atoms with Crippen LogP contribution in [0, 0.1) is 10.1 Å². The zero-order chi connectivity index (χ0) is 26.6. The Morgan fingerprint density at radius 2 is 1.49 bits per heavy atom. The Morgan fingerprint density at radius 3 is 2.11 bits per heavy atom. The van der Waals surface area contributed by atoms with E-state index in [9.17, 15) is 24.5 Å². The van der Waals surface area contributed by atoms with E-state index < -0.39 is 34.7 Å². The van der Waals surface area contributed by atoms with Crippen LogP contribution in [0.3, 0.4) is 0 Å². The minimum atomic E-state index is -1.27. The van der Waals surface area contributed by atoms with Crippen LogP contribution in [0.5, 0.6) is 11.5 Å². The Labute approximate surface area is 220 Å². The van der Waals surface area contributed by atoms with Gasteiger partial charge in [-0.05, 0) is 42.5 Å². The van der Waals surface area contributed by atoms with Gasteiger partial charge in [0.1, 0.15) is 17.5 Å². The van der Waals surface area contributed by atoms with E-state index in [1.807, 2.05) is 0 Å². The smallest absolute Gasteiger partial charge is 0.270 e. The molecule has 2 unspecified atom stereocenters. The number of ether oxygens (including phenoxy) is 2. The second-order valence-electron chi connectivity index (χ2n) is 8.30. The molecule has 12 heteroatoms. The molecular weight excluding hydrogens is 525 g/mol. The van der Waals surface area contributed by atoms with E-state index in [0.29, 0.717) is 22.7 Å².